The number of ether oxygens (including phenoxy) is 1. The minimum Gasteiger partial charge on any atom is -0.457 e. The van der Waals surface area contributed by atoms with E-state index in [9.17, 15) is 9.59 Å². The van der Waals surface area contributed by atoms with Gasteiger partial charge in [0.2, 0.25) is 0 Å². The average molecular weight is 497 g/mol. The topological polar surface area (TPSA) is 85.3 Å². The molecule has 0 aliphatic rings. The fourth-order valence-electron chi connectivity index (χ4n) is 3.75. The molecule has 0 fully saturated rings. The Bertz CT molecular complexity index is 1510. The van der Waals surface area contributed by atoms with Crippen LogP contribution in [0.1, 0.15) is 39.4 Å². The molecule has 0 atom stereocenters. The molecule has 2 amide bonds. The van der Waals surface area contributed by atoms with E-state index >= 15 is 0 Å². The maximum Gasteiger partial charge on any atom is 0.271 e. The van der Waals surface area contributed by atoms with E-state index in [1.165, 1.54) is 16.1 Å². The Labute approximate surface area is 212 Å². The number of amides is 2. The zero-order chi connectivity index (χ0) is 25.1. The molecule has 0 aliphatic carbocycles. The van der Waals surface area contributed by atoms with Crippen LogP contribution in [-0.4, -0.2) is 21.7 Å². The van der Waals surface area contributed by atoms with Gasteiger partial charge in [0.25, 0.3) is 11.8 Å². The third-order valence-corrected chi connectivity index (χ3v) is 6.82. The Morgan fingerprint density at radius 1 is 0.861 bits per heavy atom. The SMILES string of the molecule is CC(C)(NC(=O)c1cc2cnn(NC(=O)c3ccc(Oc4ccccc4)cc3)c2s1)c1ccccc1. The van der Waals surface area contributed by atoms with Gasteiger partial charge in [0, 0.05) is 10.9 Å². The standard InChI is InChI=1S/C28H24N4O3S/c1-28(2,21-9-5-3-6-10-21)30-26(34)24-17-20-18-29-32(27(20)36-24)31-25(33)19-13-15-23(16-14-19)35-22-11-7-4-8-12-22/h3-18H,1-2H3,(H,30,34)(H,31,33). The summed E-state index contributed by atoms with van der Waals surface area (Å²) in [6.45, 7) is 3.93. The second-order valence-electron chi connectivity index (χ2n) is 8.75. The van der Waals surface area contributed by atoms with Crippen LogP contribution < -0.4 is 15.5 Å². The summed E-state index contributed by atoms with van der Waals surface area (Å²) < 4.78 is 5.78. The van der Waals surface area contributed by atoms with Crippen LogP contribution in [0.5, 0.6) is 11.5 Å². The largest absolute Gasteiger partial charge is 0.457 e. The molecule has 180 valence electrons. The van der Waals surface area contributed by atoms with Gasteiger partial charge in [-0.05, 0) is 61.9 Å². The minimum atomic E-state index is -0.537. The van der Waals surface area contributed by atoms with Gasteiger partial charge in [-0.1, -0.05) is 48.5 Å². The van der Waals surface area contributed by atoms with Crippen LogP contribution in [-0.2, 0) is 5.54 Å². The van der Waals surface area contributed by atoms with E-state index in [4.69, 9.17) is 4.74 Å². The molecule has 2 heterocycles. The highest BCUT2D eigenvalue weighted by Crippen LogP contribution is 2.27. The van der Waals surface area contributed by atoms with Crippen molar-refractivity contribution in [1.82, 2.24) is 15.2 Å². The Morgan fingerprint density at radius 2 is 1.50 bits per heavy atom. The smallest absolute Gasteiger partial charge is 0.271 e. The molecule has 36 heavy (non-hydrogen) atoms. The van der Waals surface area contributed by atoms with Gasteiger partial charge in [-0.25, -0.2) is 5.43 Å². The highest BCUT2D eigenvalue weighted by Gasteiger charge is 2.25. The van der Waals surface area contributed by atoms with Gasteiger partial charge in [-0.2, -0.15) is 9.89 Å². The number of aromatic nitrogens is 2. The second-order valence-corrected chi connectivity index (χ2v) is 9.78. The van der Waals surface area contributed by atoms with Gasteiger partial charge in [0.15, 0.2) is 0 Å². The number of hydrogen-bond donors (Lipinski definition) is 2. The van der Waals surface area contributed by atoms with E-state index in [0.29, 0.717) is 21.0 Å². The van der Waals surface area contributed by atoms with Crippen LogP contribution in [0.3, 0.4) is 0 Å². The number of nitrogens with zero attached hydrogens (tertiary/aromatic N) is 2. The predicted molar refractivity (Wildman–Crippen MR) is 141 cm³/mol. The number of thiophene rings is 1. The summed E-state index contributed by atoms with van der Waals surface area (Å²) in [4.78, 5) is 28.4. The van der Waals surface area contributed by atoms with Gasteiger partial charge in [0.1, 0.15) is 16.3 Å². The number of fused-ring (bicyclic) bond motifs is 1. The quantitative estimate of drug-likeness (QED) is 0.292. The van der Waals surface area contributed by atoms with Gasteiger partial charge in [-0.3, -0.25) is 9.59 Å². The lowest BCUT2D eigenvalue weighted by Gasteiger charge is -2.26. The molecule has 3 aromatic carbocycles. The minimum absolute atomic E-state index is 0.183. The number of nitrogens with one attached hydrogen (secondary N) is 2. The summed E-state index contributed by atoms with van der Waals surface area (Å²) in [5.41, 5.74) is 3.71. The van der Waals surface area contributed by atoms with E-state index in [1.807, 2.05) is 74.5 Å². The van der Waals surface area contributed by atoms with Crippen molar-refractivity contribution in [3.05, 3.63) is 113 Å². The molecule has 0 spiro atoms. The maximum absolute atomic E-state index is 13.0. The average Bonchev–Trinajstić information content (AvgIpc) is 3.47. The first-order valence-electron chi connectivity index (χ1n) is 11.4. The molecule has 5 aromatic rings. The summed E-state index contributed by atoms with van der Waals surface area (Å²) in [7, 11) is 0. The molecule has 0 saturated heterocycles. The van der Waals surface area contributed by atoms with E-state index < -0.39 is 5.54 Å². The van der Waals surface area contributed by atoms with Crippen molar-refractivity contribution in [2.24, 2.45) is 0 Å². The third kappa shape index (κ3) is 4.99. The van der Waals surface area contributed by atoms with Gasteiger partial charge >= 0.3 is 0 Å². The van der Waals surface area contributed by atoms with E-state index in [1.54, 1.807) is 36.5 Å². The fraction of sp³-hybridized carbons (Fsp3) is 0.107. The molecule has 8 heteroatoms. The first-order valence-corrected chi connectivity index (χ1v) is 12.2. The molecular formula is C28H24N4O3S. The van der Waals surface area contributed by atoms with Crippen LogP contribution >= 0.6 is 11.3 Å². The van der Waals surface area contributed by atoms with E-state index in [0.717, 1.165) is 16.7 Å². The normalized spacial score (nSPS) is 11.3. The van der Waals surface area contributed by atoms with Crippen LogP contribution in [0.25, 0.3) is 10.2 Å². The molecule has 0 radical (unpaired) electrons. The number of carbonyl (C=O) groups is 2. The first-order chi connectivity index (χ1) is 17.4. The van der Waals surface area contributed by atoms with Crippen LogP contribution in [0.4, 0.5) is 0 Å². The maximum atomic E-state index is 13.0. The summed E-state index contributed by atoms with van der Waals surface area (Å²) in [6, 6.07) is 27.9. The van der Waals surface area contributed by atoms with Crippen molar-refractivity contribution in [1.29, 1.82) is 0 Å². The summed E-state index contributed by atoms with van der Waals surface area (Å²) in [5.74, 6) is 0.845. The molecule has 0 bridgehead atoms. The van der Waals surface area contributed by atoms with Gasteiger partial charge in [-0.15, -0.1) is 11.3 Å². The zero-order valence-corrected chi connectivity index (χ0v) is 20.6. The number of carbonyl (C=O) groups excluding carboxylic acids is 2. The van der Waals surface area contributed by atoms with Crippen molar-refractivity contribution >= 4 is 33.4 Å². The highest BCUT2D eigenvalue weighted by atomic mass is 32.1. The van der Waals surface area contributed by atoms with E-state index in [2.05, 4.69) is 15.8 Å². The summed E-state index contributed by atoms with van der Waals surface area (Å²) >= 11 is 1.27. The highest BCUT2D eigenvalue weighted by molar-refractivity contribution is 7.20. The molecule has 5 rings (SSSR count). The van der Waals surface area contributed by atoms with Crippen molar-refractivity contribution in [2.45, 2.75) is 19.4 Å². The van der Waals surface area contributed by atoms with Crippen LogP contribution in [0, 0.1) is 0 Å². The van der Waals surface area contributed by atoms with Crippen molar-refractivity contribution in [2.75, 3.05) is 5.43 Å². The zero-order valence-electron chi connectivity index (χ0n) is 19.8. The molecule has 2 aromatic heterocycles. The number of benzene rings is 3. The first kappa shape index (κ1) is 23.3. The Hall–Kier alpha value is -4.43. The summed E-state index contributed by atoms with van der Waals surface area (Å²) in [5, 5.41) is 8.12. The lowest BCUT2D eigenvalue weighted by Crippen LogP contribution is -2.40. The molecule has 0 aliphatic heterocycles. The number of hydrogen-bond acceptors (Lipinski definition) is 5. The molecule has 7 nitrogen and oxygen atoms in total. The Kier molecular flexibility index (Phi) is 6.26. The van der Waals surface area contributed by atoms with Gasteiger partial charge < -0.3 is 10.1 Å². The van der Waals surface area contributed by atoms with Crippen molar-refractivity contribution < 1.29 is 14.3 Å². The predicted octanol–water partition coefficient (Wildman–Crippen LogP) is 5.94. The molecule has 0 saturated carbocycles. The molecule has 2 N–H and O–H groups in total. The van der Waals surface area contributed by atoms with Gasteiger partial charge in [0.05, 0.1) is 16.6 Å². The van der Waals surface area contributed by atoms with Crippen molar-refractivity contribution in [3.8, 4) is 11.5 Å². The van der Waals surface area contributed by atoms with E-state index in [-0.39, 0.29) is 11.8 Å². The number of para-hydroxylation sites is 1. The van der Waals surface area contributed by atoms with Crippen molar-refractivity contribution in [3.63, 3.8) is 0 Å². The fourth-order valence-corrected chi connectivity index (χ4v) is 4.70. The van der Waals surface area contributed by atoms with Crippen LogP contribution in [0.2, 0.25) is 0 Å². The molecular weight excluding hydrogens is 472 g/mol. The van der Waals surface area contributed by atoms with Crippen LogP contribution in [0.15, 0.2) is 97.2 Å². The third-order valence-electron chi connectivity index (χ3n) is 5.69. The monoisotopic (exact) mass is 496 g/mol. The lowest BCUT2D eigenvalue weighted by atomic mass is 9.94. The Balaban J connectivity index is 1.27. The summed E-state index contributed by atoms with van der Waals surface area (Å²) in [6.07, 6.45) is 1.63. The number of rotatable bonds is 7. The second kappa shape index (κ2) is 9.67. The Morgan fingerprint density at radius 3 is 2.19 bits per heavy atom. The molecule has 0 unspecified atom stereocenters. The lowest BCUT2D eigenvalue weighted by molar-refractivity contribution is 0.0915.